The Hall–Kier alpha value is -2.51. The van der Waals surface area contributed by atoms with Crippen LogP contribution in [-0.2, 0) is 4.57 Å². The van der Waals surface area contributed by atoms with Crippen LogP contribution in [0.4, 0.5) is 0 Å². The topological polar surface area (TPSA) is 35.5 Å². The summed E-state index contributed by atoms with van der Waals surface area (Å²) in [5.74, 6) is 1.39. The van der Waals surface area contributed by atoms with E-state index in [1.165, 1.54) is 5.56 Å². The van der Waals surface area contributed by atoms with Gasteiger partial charge in [-0.25, -0.2) is 0 Å². The third-order valence-electron chi connectivity index (χ3n) is 4.57. The normalized spacial score (nSPS) is 13.1. The second-order valence-corrected chi connectivity index (χ2v) is 9.22. The van der Waals surface area contributed by atoms with Crippen LogP contribution in [0.1, 0.15) is 5.56 Å². The van der Waals surface area contributed by atoms with Crippen molar-refractivity contribution in [3.63, 3.8) is 0 Å². The lowest BCUT2D eigenvalue weighted by molar-refractivity contribution is 0.415. The molecule has 0 bridgehead atoms. The molecule has 134 valence electrons. The van der Waals surface area contributed by atoms with Crippen LogP contribution in [0.2, 0.25) is 0 Å². The van der Waals surface area contributed by atoms with Gasteiger partial charge in [0.05, 0.1) is 14.2 Å². The molecule has 0 unspecified atom stereocenters. The van der Waals surface area contributed by atoms with Crippen molar-refractivity contribution >= 4 is 17.8 Å². The molecular weight excluding hydrogens is 343 g/mol. The summed E-state index contributed by atoms with van der Waals surface area (Å²) in [5.41, 5.74) is 3.19. The fourth-order valence-corrected chi connectivity index (χ4v) is 5.04. The Kier molecular flexibility index (Phi) is 5.20. The summed E-state index contributed by atoms with van der Waals surface area (Å²) < 4.78 is 24.6. The van der Waals surface area contributed by atoms with Crippen LogP contribution in [0.5, 0.6) is 11.5 Å². The molecule has 0 spiro atoms. The lowest BCUT2D eigenvalue weighted by atomic mass is 10.0. The molecule has 3 aromatic carbocycles. The van der Waals surface area contributed by atoms with E-state index in [1.807, 2.05) is 42.5 Å². The Morgan fingerprint density at radius 2 is 1.46 bits per heavy atom. The standard InChI is InChI=1S/C22H23O3P/c1-16-8-10-17(11-9-16)21-13-12-19(25-3)15-22(21)26(4,23)20-7-5-6-18(14-20)24-2/h5-15H,1-4H3/t26-/m0/s1. The summed E-state index contributed by atoms with van der Waals surface area (Å²) in [6, 6.07) is 21.5. The molecule has 0 saturated carbocycles. The van der Waals surface area contributed by atoms with Gasteiger partial charge >= 0.3 is 0 Å². The fourth-order valence-electron chi connectivity index (χ4n) is 2.98. The number of aryl methyl sites for hydroxylation is 1. The average Bonchev–Trinajstić information content (AvgIpc) is 2.68. The van der Waals surface area contributed by atoms with E-state index in [1.54, 1.807) is 20.9 Å². The largest absolute Gasteiger partial charge is 0.497 e. The van der Waals surface area contributed by atoms with Gasteiger partial charge in [0.15, 0.2) is 0 Å². The van der Waals surface area contributed by atoms with E-state index < -0.39 is 7.14 Å². The Bertz CT molecular complexity index is 961. The van der Waals surface area contributed by atoms with Gasteiger partial charge in [0.25, 0.3) is 0 Å². The maximum Gasteiger partial charge on any atom is 0.141 e. The van der Waals surface area contributed by atoms with Crippen LogP contribution in [0.3, 0.4) is 0 Å². The molecule has 0 amide bonds. The van der Waals surface area contributed by atoms with Gasteiger partial charge in [-0.1, -0.05) is 42.0 Å². The molecule has 3 rings (SSSR count). The van der Waals surface area contributed by atoms with Gasteiger partial charge in [-0.15, -0.1) is 0 Å². The van der Waals surface area contributed by atoms with Crippen molar-refractivity contribution in [1.29, 1.82) is 0 Å². The van der Waals surface area contributed by atoms with E-state index in [0.717, 1.165) is 21.7 Å². The first kappa shape index (κ1) is 18.3. The maximum atomic E-state index is 13.9. The maximum absolute atomic E-state index is 13.9. The number of ether oxygens (including phenoxy) is 2. The molecule has 0 aliphatic rings. The minimum absolute atomic E-state index is 0.695. The third-order valence-corrected chi connectivity index (χ3v) is 7.13. The number of hydrogen-bond donors (Lipinski definition) is 0. The van der Waals surface area contributed by atoms with E-state index in [9.17, 15) is 4.57 Å². The number of methoxy groups -OCH3 is 2. The summed E-state index contributed by atoms with van der Waals surface area (Å²) in [5, 5.41) is 1.55. The van der Waals surface area contributed by atoms with Gasteiger partial charge in [-0.05, 0) is 55.0 Å². The SMILES string of the molecule is COc1cccc([P@](C)(=O)c2cc(OC)ccc2-c2ccc(C)cc2)c1. The predicted octanol–water partition coefficient (Wildman–Crippen LogP) is 4.62. The first-order valence-corrected chi connectivity index (χ1v) is 10.6. The summed E-state index contributed by atoms with van der Waals surface area (Å²) in [7, 11) is 0.383. The number of benzene rings is 3. The molecule has 0 saturated heterocycles. The molecule has 26 heavy (non-hydrogen) atoms. The van der Waals surface area contributed by atoms with Crippen LogP contribution < -0.4 is 20.1 Å². The van der Waals surface area contributed by atoms with Gasteiger partial charge in [-0.2, -0.15) is 0 Å². The highest BCUT2D eigenvalue weighted by Gasteiger charge is 2.26. The van der Waals surface area contributed by atoms with Crippen molar-refractivity contribution < 1.29 is 14.0 Å². The smallest absolute Gasteiger partial charge is 0.141 e. The monoisotopic (exact) mass is 366 g/mol. The Morgan fingerprint density at radius 1 is 0.808 bits per heavy atom. The molecule has 0 radical (unpaired) electrons. The van der Waals surface area contributed by atoms with Crippen LogP contribution >= 0.6 is 7.14 Å². The highest BCUT2D eigenvalue weighted by Crippen LogP contribution is 2.43. The molecule has 0 aromatic heterocycles. The quantitative estimate of drug-likeness (QED) is 0.618. The molecule has 0 heterocycles. The molecule has 0 aliphatic carbocycles. The van der Waals surface area contributed by atoms with Crippen LogP contribution in [0, 0.1) is 6.92 Å². The van der Waals surface area contributed by atoms with Crippen molar-refractivity contribution in [1.82, 2.24) is 0 Å². The van der Waals surface area contributed by atoms with Crippen LogP contribution in [0.15, 0.2) is 66.7 Å². The molecule has 3 aromatic rings. The first-order valence-electron chi connectivity index (χ1n) is 8.43. The molecular formula is C22H23O3P. The predicted molar refractivity (Wildman–Crippen MR) is 109 cm³/mol. The van der Waals surface area contributed by atoms with Crippen LogP contribution in [0.25, 0.3) is 11.1 Å². The average molecular weight is 366 g/mol. The van der Waals surface area contributed by atoms with Crippen molar-refractivity contribution in [3.05, 3.63) is 72.3 Å². The van der Waals surface area contributed by atoms with E-state index in [-0.39, 0.29) is 0 Å². The van der Waals surface area contributed by atoms with E-state index in [2.05, 4.69) is 31.2 Å². The van der Waals surface area contributed by atoms with Gasteiger partial charge in [0, 0.05) is 10.6 Å². The molecule has 3 nitrogen and oxygen atoms in total. The molecule has 0 aliphatic heterocycles. The van der Waals surface area contributed by atoms with Crippen molar-refractivity contribution in [2.45, 2.75) is 6.92 Å². The summed E-state index contributed by atoms with van der Waals surface area (Å²) in [6.45, 7) is 3.86. The second kappa shape index (κ2) is 7.39. The Balaban J connectivity index is 2.21. The molecule has 4 heteroatoms. The third kappa shape index (κ3) is 3.54. The zero-order valence-electron chi connectivity index (χ0n) is 15.5. The molecule has 0 fully saturated rings. The summed E-state index contributed by atoms with van der Waals surface area (Å²) in [6.07, 6.45) is 0. The lowest BCUT2D eigenvalue weighted by Gasteiger charge is -2.20. The van der Waals surface area contributed by atoms with Gasteiger partial charge < -0.3 is 14.0 Å². The molecule has 1 atom stereocenters. The zero-order chi connectivity index (χ0) is 18.7. The lowest BCUT2D eigenvalue weighted by Crippen LogP contribution is -2.17. The molecule has 0 N–H and O–H groups in total. The summed E-state index contributed by atoms with van der Waals surface area (Å²) >= 11 is 0. The highest BCUT2D eigenvalue weighted by molar-refractivity contribution is 7.78. The van der Waals surface area contributed by atoms with Gasteiger partial charge in [0.2, 0.25) is 0 Å². The van der Waals surface area contributed by atoms with E-state index in [0.29, 0.717) is 11.5 Å². The zero-order valence-corrected chi connectivity index (χ0v) is 16.4. The van der Waals surface area contributed by atoms with Crippen molar-refractivity contribution in [3.8, 4) is 22.6 Å². The van der Waals surface area contributed by atoms with Crippen molar-refractivity contribution in [2.24, 2.45) is 0 Å². The fraction of sp³-hybridized carbons (Fsp3) is 0.182. The van der Waals surface area contributed by atoms with Crippen molar-refractivity contribution in [2.75, 3.05) is 20.9 Å². The van der Waals surface area contributed by atoms with Gasteiger partial charge in [0.1, 0.15) is 18.6 Å². The van der Waals surface area contributed by atoms with Crippen LogP contribution in [-0.4, -0.2) is 20.9 Å². The number of hydrogen-bond acceptors (Lipinski definition) is 3. The number of rotatable bonds is 5. The van der Waals surface area contributed by atoms with E-state index >= 15 is 0 Å². The van der Waals surface area contributed by atoms with Gasteiger partial charge in [-0.3, -0.25) is 0 Å². The second-order valence-electron chi connectivity index (χ2n) is 6.37. The highest BCUT2D eigenvalue weighted by atomic mass is 31.2. The minimum atomic E-state index is -2.85. The van der Waals surface area contributed by atoms with E-state index in [4.69, 9.17) is 9.47 Å². The first-order chi connectivity index (χ1) is 12.5. The summed E-state index contributed by atoms with van der Waals surface area (Å²) in [4.78, 5) is 0. The Labute approximate surface area is 155 Å². The minimum Gasteiger partial charge on any atom is -0.497 e. The Morgan fingerprint density at radius 3 is 2.12 bits per heavy atom.